The maximum absolute atomic E-state index is 12.7. The molecule has 4 nitrogen and oxygen atoms in total. The molecule has 1 rings (SSSR count). The number of benzene rings is 1. The average Bonchev–Trinajstić information content (AvgIpc) is 2.35. The summed E-state index contributed by atoms with van der Waals surface area (Å²) in [7, 11) is -3.69. The standard InChI is InChI=1S/C12H16BrF3N2O2S/c1-2-5-17-6-7-21(19,20)18-9-3-4-11(13)10(8-9)12(14,15)16/h3-4,8,17-18H,2,5-7H2,1H3. The number of hydrogen-bond donors (Lipinski definition) is 2. The molecule has 0 aliphatic carbocycles. The molecule has 0 aliphatic heterocycles. The lowest BCUT2D eigenvalue weighted by atomic mass is 10.2. The van der Waals surface area contributed by atoms with E-state index in [1.807, 2.05) is 6.92 Å². The molecule has 21 heavy (non-hydrogen) atoms. The Morgan fingerprint density at radius 1 is 1.24 bits per heavy atom. The minimum absolute atomic E-state index is 0.110. The van der Waals surface area contributed by atoms with Crippen molar-refractivity contribution in [3.8, 4) is 0 Å². The first-order chi connectivity index (χ1) is 9.65. The van der Waals surface area contributed by atoms with Gasteiger partial charge in [0.2, 0.25) is 10.0 Å². The molecule has 0 spiro atoms. The van der Waals surface area contributed by atoms with Crippen LogP contribution in [0.15, 0.2) is 22.7 Å². The normalized spacial score (nSPS) is 12.4. The van der Waals surface area contributed by atoms with Crippen LogP contribution in [0.3, 0.4) is 0 Å². The summed E-state index contributed by atoms with van der Waals surface area (Å²) in [6.45, 7) is 2.87. The highest BCUT2D eigenvalue weighted by atomic mass is 79.9. The first-order valence-corrected chi connectivity index (χ1v) is 8.68. The molecule has 1 aromatic carbocycles. The van der Waals surface area contributed by atoms with Gasteiger partial charge >= 0.3 is 6.18 Å². The summed E-state index contributed by atoms with van der Waals surface area (Å²) in [5.74, 6) is -0.204. The largest absolute Gasteiger partial charge is 0.417 e. The van der Waals surface area contributed by atoms with Crippen LogP contribution in [-0.2, 0) is 16.2 Å². The second kappa shape index (κ2) is 7.46. The summed E-state index contributed by atoms with van der Waals surface area (Å²) in [6, 6.07) is 3.20. The van der Waals surface area contributed by atoms with Crippen LogP contribution in [0.1, 0.15) is 18.9 Å². The van der Waals surface area contributed by atoms with E-state index in [9.17, 15) is 21.6 Å². The van der Waals surface area contributed by atoms with Gasteiger partial charge in [-0.05, 0) is 31.2 Å². The second-order valence-electron chi connectivity index (χ2n) is 4.36. The van der Waals surface area contributed by atoms with Crippen LogP contribution in [0.2, 0.25) is 0 Å². The van der Waals surface area contributed by atoms with Crippen LogP contribution in [0, 0.1) is 0 Å². The van der Waals surface area contributed by atoms with Crippen molar-refractivity contribution in [2.75, 3.05) is 23.6 Å². The molecular formula is C12H16BrF3N2O2S. The highest BCUT2D eigenvalue weighted by Crippen LogP contribution is 2.36. The molecule has 1 aromatic rings. The summed E-state index contributed by atoms with van der Waals surface area (Å²) in [6.07, 6.45) is -3.68. The van der Waals surface area contributed by atoms with Gasteiger partial charge in [0.25, 0.3) is 0 Å². The quantitative estimate of drug-likeness (QED) is 0.705. The molecule has 0 amide bonds. The lowest BCUT2D eigenvalue weighted by Crippen LogP contribution is -2.27. The van der Waals surface area contributed by atoms with E-state index in [1.165, 1.54) is 6.07 Å². The molecule has 0 radical (unpaired) electrons. The van der Waals surface area contributed by atoms with Gasteiger partial charge in [-0.2, -0.15) is 13.2 Å². The van der Waals surface area contributed by atoms with Crippen molar-refractivity contribution in [3.63, 3.8) is 0 Å². The van der Waals surface area contributed by atoms with Gasteiger partial charge in [0.15, 0.2) is 0 Å². The van der Waals surface area contributed by atoms with Crippen LogP contribution < -0.4 is 10.0 Å². The molecular weight excluding hydrogens is 373 g/mol. The van der Waals surface area contributed by atoms with Gasteiger partial charge in [-0.3, -0.25) is 4.72 Å². The maximum Gasteiger partial charge on any atom is 0.417 e. The molecule has 0 fully saturated rings. The lowest BCUT2D eigenvalue weighted by Gasteiger charge is -2.13. The minimum Gasteiger partial charge on any atom is -0.316 e. The third kappa shape index (κ3) is 6.23. The van der Waals surface area contributed by atoms with E-state index in [1.54, 1.807) is 0 Å². The number of sulfonamides is 1. The number of hydrogen-bond acceptors (Lipinski definition) is 3. The second-order valence-corrected chi connectivity index (χ2v) is 7.06. The van der Waals surface area contributed by atoms with Gasteiger partial charge in [-0.25, -0.2) is 8.42 Å². The van der Waals surface area contributed by atoms with Crippen molar-refractivity contribution in [2.24, 2.45) is 0 Å². The van der Waals surface area contributed by atoms with Gasteiger partial charge < -0.3 is 5.32 Å². The van der Waals surface area contributed by atoms with Crippen LogP contribution in [0.4, 0.5) is 18.9 Å². The fourth-order valence-corrected chi connectivity index (χ4v) is 3.02. The van der Waals surface area contributed by atoms with Crippen LogP contribution >= 0.6 is 15.9 Å². The third-order valence-corrected chi connectivity index (χ3v) is 4.50. The number of rotatable bonds is 7. The Balaban J connectivity index is 2.79. The van der Waals surface area contributed by atoms with Crippen molar-refractivity contribution in [1.29, 1.82) is 0 Å². The Bertz CT molecular complexity index is 576. The van der Waals surface area contributed by atoms with Gasteiger partial charge in [-0.15, -0.1) is 0 Å². The van der Waals surface area contributed by atoms with Crippen molar-refractivity contribution in [1.82, 2.24) is 5.32 Å². The first-order valence-electron chi connectivity index (χ1n) is 6.23. The van der Waals surface area contributed by atoms with Crippen LogP contribution in [0.25, 0.3) is 0 Å². The Hall–Kier alpha value is -0.800. The average molecular weight is 389 g/mol. The molecule has 0 aliphatic rings. The zero-order valence-corrected chi connectivity index (χ0v) is 13.7. The molecule has 0 unspecified atom stereocenters. The fourth-order valence-electron chi connectivity index (χ4n) is 1.54. The van der Waals surface area contributed by atoms with Gasteiger partial charge in [0.1, 0.15) is 0 Å². The van der Waals surface area contributed by atoms with Gasteiger partial charge in [0, 0.05) is 16.7 Å². The Morgan fingerprint density at radius 3 is 2.48 bits per heavy atom. The summed E-state index contributed by atoms with van der Waals surface area (Å²) < 4.78 is 63.7. The van der Waals surface area contributed by atoms with Crippen LogP contribution in [0.5, 0.6) is 0 Å². The number of nitrogens with one attached hydrogen (secondary N) is 2. The van der Waals surface area contributed by atoms with E-state index in [2.05, 4.69) is 26.0 Å². The molecule has 0 aromatic heterocycles. The van der Waals surface area contributed by atoms with E-state index in [-0.39, 0.29) is 22.5 Å². The van der Waals surface area contributed by atoms with Crippen molar-refractivity contribution < 1.29 is 21.6 Å². The Morgan fingerprint density at radius 2 is 1.90 bits per heavy atom. The highest BCUT2D eigenvalue weighted by Gasteiger charge is 2.33. The maximum atomic E-state index is 12.7. The number of anilines is 1. The Labute approximate surface area is 130 Å². The SMILES string of the molecule is CCCNCCS(=O)(=O)Nc1ccc(Br)c(C(F)(F)F)c1. The fraction of sp³-hybridized carbons (Fsp3) is 0.500. The monoisotopic (exact) mass is 388 g/mol. The first kappa shape index (κ1) is 18.2. The number of halogens is 4. The molecule has 0 atom stereocenters. The van der Waals surface area contributed by atoms with E-state index < -0.39 is 21.8 Å². The molecule has 2 N–H and O–H groups in total. The summed E-state index contributed by atoms with van der Waals surface area (Å²) in [5.41, 5.74) is -1.03. The molecule has 0 saturated carbocycles. The highest BCUT2D eigenvalue weighted by molar-refractivity contribution is 9.10. The predicted octanol–water partition coefficient (Wildman–Crippen LogP) is 3.21. The zero-order valence-electron chi connectivity index (χ0n) is 11.3. The van der Waals surface area contributed by atoms with Gasteiger partial charge in [-0.1, -0.05) is 22.9 Å². The molecule has 9 heteroatoms. The van der Waals surface area contributed by atoms with Crippen molar-refractivity contribution in [2.45, 2.75) is 19.5 Å². The summed E-state index contributed by atoms with van der Waals surface area (Å²) >= 11 is 2.80. The van der Waals surface area contributed by atoms with Crippen LogP contribution in [-0.4, -0.2) is 27.3 Å². The third-order valence-electron chi connectivity index (χ3n) is 2.52. The Kier molecular flexibility index (Phi) is 6.48. The van der Waals surface area contributed by atoms with E-state index >= 15 is 0 Å². The van der Waals surface area contributed by atoms with Crippen molar-refractivity contribution >= 4 is 31.6 Å². The number of alkyl halides is 3. The van der Waals surface area contributed by atoms with Crippen molar-refractivity contribution in [3.05, 3.63) is 28.2 Å². The molecule has 0 bridgehead atoms. The lowest BCUT2D eigenvalue weighted by molar-refractivity contribution is -0.138. The van der Waals surface area contributed by atoms with E-state index in [4.69, 9.17) is 0 Å². The van der Waals surface area contributed by atoms with E-state index in [0.29, 0.717) is 6.54 Å². The van der Waals surface area contributed by atoms with Gasteiger partial charge in [0.05, 0.1) is 11.3 Å². The van der Waals surface area contributed by atoms with E-state index in [0.717, 1.165) is 18.6 Å². The predicted molar refractivity (Wildman–Crippen MR) is 79.7 cm³/mol. The minimum atomic E-state index is -4.55. The topological polar surface area (TPSA) is 58.2 Å². The molecule has 120 valence electrons. The smallest absolute Gasteiger partial charge is 0.316 e. The zero-order chi connectivity index (χ0) is 16.1. The summed E-state index contributed by atoms with van der Waals surface area (Å²) in [4.78, 5) is 0. The summed E-state index contributed by atoms with van der Waals surface area (Å²) in [5, 5.41) is 2.92. The molecule has 0 heterocycles. The molecule has 0 saturated heterocycles.